The predicted octanol–water partition coefficient (Wildman–Crippen LogP) is 2.77. The molecular weight excluding hydrogens is 338 g/mol. The Morgan fingerprint density at radius 3 is 2.54 bits per heavy atom. The fourth-order valence-corrected chi connectivity index (χ4v) is 2.64. The molecule has 0 saturated carbocycles. The lowest BCUT2D eigenvalue weighted by Crippen LogP contribution is -2.10. The minimum atomic E-state index is -0.493. The topological polar surface area (TPSA) is 105 Å². The Kier molecular flexibility index (Phi) is 4.78. The van der Waals surface area contributed by atoms with Gasteiger partial charge in [0.15, 0.2) is 23.9 Å². The number of nitrogens with zero attached hydrogens (tertiary/aromatic N) is 5. The molecule has 0 amide bonds. The highest BCUT2D eigenvalue weighted by atomic mass is 16.6. The first-order chi connectivity index (χ1) is 12.5. The number of nitro groups is 1. The zero-order valence-electron chi connectivity index (χ0n) is 14.5. The van der Waals surface area contributed by atoms with Gasteiger partial charge in [-0.25, -0.2) is 0 Å². The summed E-state index contributed by atoms with van der Waals surface area (Å²) in [6.07, 6.45) is 0. The van der Waals surface area contributed by atoms with Gasteiger partial charge in [-0.3, -0.25) is 10.1 Å². The van der Waals surface area contributed by atoms with Crippen LogP contribution in [0.1, 0.15) is 17.0 Å². The minimum Gasteiger partial charge on any atom is -0.493 e. The van der Waals surface area contributed by atoms with Crippen LogP contribution in [0.2, 0.25) is 0 Å². The molecule has 0 fully saturated rings. The molecule has 0 atom stereocenters. The van der Waals surface area contributed by atoms with E-state index in [-0.39, 0.29) is 18.0 Å². The molecule has 0 aliphatic rings. The Balaban J connectivity index is 1.90. The number of hydrogen-bond acceptors (Lipinski definition) is 7. The van der Waals surface area contributed by atoms with Crippen LogP contribution in [-0.4, -0.2) is 32.2 Å². The standard InChI is InChI=1S/C17H17N5O4/c1-11-5-4-6-12(2)17(11)21-16(18-19-20-21)10-26-15-9-13(22(23)24)7-8-14(15)25-3/h4-9H,10H2,1-3H3. The van der Waals surface area contributed by atoms with Gasteiger partial charge in [0.25, 0.3) is 5.69 Å². The first-order valence-corrected chi connectivity index (χ1v) is 7.80. The number of benzene rings is 2. The second-order valence-corrected chi connectivity index (χ2v) is 5.63. The summed E-state index contributed by atoms with van der Waals surface area (Å²) in [5, 5.41) is 22.7. The number of aryl methyl sites for hydroxylation is 2. The molecule has 3 rings (SSSR count). The highest BCUT2D eigenvalue weighted by molar-refractivity contribution is 5.49. The van der Waals surface area contributed by atoms with Crippen molar-refractivity contribution in [1.82, 2.24) is 20.2 Å². The Bertz CT molecular complexity index is 934. The van der Waals surface area contributed by atoms with Crippen molar-refractivity contribution in [3.63, 3.8) is 0 Å². The van der Waals surface area contributed by atoms with Crippen LogP contribution in [0.25, 0.3) is 5.69 Å². The van der Waals surface area contributed by atoms with Crippen molar-refractivity contribution in [3.8, 4) is 17.2 Å². The van der Waals surface area contributed by atoms with Crippen LogP contribution in [-0.2, 0) is 6.61 Å². The summed E-state index contributed by atoms with van der Waals surface area (Å²) in [6.45, 7) is 3.97. The lowest BCUT2D eigenvalue weighted by Gasteiger charge is -2.12. The molecule has 134 valence electrons. The zero-order chi connectivity index (χ0) is 18.7. The van der Waals surface area contributed by atoms with Crippen molar-refractivity contribution in [1.29, 1.82) is 0 Å². The molecule has 0 saturated heterocycles. The number of para-hydroxylation sites is 1. The molecule has 9 nitrogen and oxygen atoms in total. The third-order valence-corrected chi connectivity index (χ3v) is 3.90. The molecule has 0 aliphatic heterocycles. The van der Waals surface area contributed by atoms with Gasteiger partial charge in [0.05, 0.1) is 23.8 Å². The van der Waals surface area contributed by atoms with Crippen molar-refractivity contribution in [3.05, 3.63) is 63.5 Å². The van der Waals surface area contributed by atoms with E-state index in [4.69, 9.17) is 9.47 Å². The Labute approximate surface area is 149 Å². The Morgan fingerprint density at radius 2 is 1.88 bits per heavy atom. The molecule has 1 aromatic heterocycles. The van der Waals surface area contributed by atoms with E-state index in [0.29, 0.717) is 11.6 Å². The van der Waals surface area contributed by atoms with E-state index in [1.807, 2.05) is 32.0 Å². The highest BCUT2D eigenvalue weighted by Gasteiger charge is 2.16. The molecule has 2 aromatic carbocycles. The third-order valence-electron chi connectivity index (χ3n) is 3.90. The molecule has 0 spiro atoms. The molecule has 0 bridgehead atoms. The Hall–Kier alpha value is -3.49. The largest absolute Gasteiger partial charge is 0.493 e. The van der Waals surface area contributed by atoms with Gasteiger partial charge in [-0.2, -0.15) is 4.68 Å². The summed E-state index contributed by atoms with van der Waals surface area (Å²) in [7, 11) is 1.47. The van der Waals surface area contributed by atoms with Gasteiger partial charge in [0.1, 0.15) is 0 Å². The summed E-state index contributed by atoms with van der Waals surface area (Å²) in [6, 6.07) is 10.1. The van der Waals surface area contributed by atoms with Crippen LogP contribution in [0, 0.1) is 24.0 Å². The molecule has 1 heterocycles. The van der Waals surface area contributed by atoms with Crippen LogP contribution in [0.4, 0.5) is 5.69 Å². The van der Waals surface area contributed by atoms with Gasteiger partial charge in [0, 0.05) is 6.07 Å². The van der Waals surface area contributed by atoms with Crippen molar-refractivity contribution in [2.24, 2.45) is 0 Å². The van der Waals surface area contributed by atoms with E-state index in [1.165, 1.54) is 25.3 Å². The van der Waals surface area contributed by atoms with Gasteiger partial charge in [0.2, 0.25) is 0 Å². The third kappa shape index (κ3) is 3.32. The Morgan fingerprint density at radius 1 is 1.15 bits per heavy atom. The number of tetrazole rings is 1. The molecule has 9 heteroatoms. The molecule has 0 unspecified atom stereocenters. The van der Waals surface area contributed by atoms with Crippen molar-refractivity contribution in [2.45, 2.75) is 20.5 Å². The molecular formula is C17H17N5O4. The van der Waals surface area contributed by atoms with E-state index in [2.05, 4.69) is 15.5 Å². The number of methoxy groups -OCH3 is 1. The van der Waals surface area contributed by atoms with Crippen molar-refractivity contribution in [2.75, 3.05) is 7.11 Å². The summed E-state index contributed by atoms with van der Waals surface area (Å²) < 4.78 is 12.5. The van der Waals surface area contributed by atoms with E-state index < -0.39 is 4.92 Å². The average molecular weight is 355 g/mol. The van der Waals surface area contributed by atoms with Crippen molar-refractivity contribution < 1.29 is 14.4 Å². The highest BCUT2D eigenvalue weighted by Crippen LogP contribution is 2.31. The van der Waals surface area contributed by atoms with E-state index >= 15 is 0 Å². The summed E-state index contributed by atoms with van der Waals surface area (Å²) >= 11 is 0. The number of rotatable bonds is 6. The van der Waals surface area contributed by atoms with Crippen LogP contribution >= 0.6 is 0 Å². The predicted molar refractivity (Wildman–Crippen MR) is 92.6 cm³/mol. The maximum Gasteiger partial charge on any atom is 0.273 e. The summed E-state index contributed by atoms with van der Waals surface area (Å²) in [5.74, 6) is 1.11. The lowest BCUT2D eigenvalue weighted by atomic mass is 10.1. The molecule has 0 aliphatic carbocycles. The molecule has 0 N–H and O–H groups in total. The van der Waals surface area contributed by atoms with Gasteiger partial charge >= 0.3 is 0 Å². The number of nitro benzene ring substituents is 1. The number of ether oxygens (including phenoxy) is 2. The second-order valence-electron chi connectivity index (χ2n) is 5.63. The van der Waals surface area contributed by atoms with E-state index in [1.54, 1.807) is 4.68 Å². The van der Waals surface area contributed by atoms with Crippen molar-refractivity contribution >= 4 is 5.69 Å². The minimum absolute atomic E-state index is 0.0261. The second kappa shape index (κ2) is 7.18. The van der Waals surface area contributed by atoms with Crippen LogP contribution in [0.3, 0.4) is 0 Å². The first-order valence-electron chi connectivity index (χ1n) is 7.80. The number of aromatic nitrogens is 4. The fraction of sp³-hybridized carbons (Fsp3) is 0.235. The quantitative estimate of drug-likeness (QED) is 0.494. The normalized spacial score (nSPS) is 10.6. The van der Waals surface area contributed by atoms with E-state index in [0.717, 1.165) is 16.8 Å². The van der Waals surface area contributed by atoms with Gasteiger partial charge < -0.3 is 9.47 Å². The molecule has 3 aromatic rings. The van der Waals surface area contributed by atoms with Crippen LogP contribution < -0.4 is 9.47 Å². The monoisotopic (exact) mass is 355 g/mol. The molecule has 26 heavy (non-hydrogen) atoms. The average Bonchev–Trinajstić information content (AvgIpc) is 3.07. The van der Waals surface area contributed by atoms with E-state index in [9.17, 15) is 10.1 Å². The SMILES string of the molecule is COc1ccc([N+](=O)[O-])cc1OCc1nnnn1-c1c(C)cccc1C. The maximum atomic E-state index is 11.0. The number of hydrogen-bond donors (Lipinski definition) is 0. The van der Waals surface area contributed by atoms with Gasteiger partial charge in [-0.1, -0.05) is 18.2 Å². The lowest BCUT2D eigenvalue weighted by molar-refractivity contribution is -0.385. The summed E-state index contributed by atoms with van der Waals surface area (Å²) in [5.41, 5.74) is 2.83. The zero-order valence-corrected chi connectivity index (χ0v) is 14.5. The van der Waals surface area contributed by atoms with Gasteiger partial charge in [-0.05, 0) is 41.5 Å². The smallest absolute Gasteiger partial charge is 0.273 e. The maximum absolute atomic E-state index is 11.0. The fourth-order valence-electron chi connectivity index (χ4n) is 2.64. The number of non-ortho nitro benzene ring substituents is 1. The summed E-state index contributed by atoms with van der Waals surface area (Å²) in [4.78, 5) is 10.5. The first kappa shape index (κ1) is 17.3. The van der Waals surface area contributed by atoms with Crippen LogP contribution in [0.5, 0.6) is 11.5 Å². The van der Waals surface area contributed by atoms with Crippen LogP contribution in [0.15, 0.2) is 36.4 Å². The van der Waals surface area contributed by atoms with Gasteiger partial charge in [-0.15, -0.1) is 5.10 Å². The molecule has 0 radical (unpaired) electrons.